The lowest BCUT2D eigenvalue weighted by molar-refractivity contribution is -0.121. The molecule has 0 aromatic heterocycles. The van der Waals surface area contributed by atoms with Gasteiger partial charge in [0.15, 0.2) is 0 Å². The summed E-state index contributed by atoms with van der Waals surface area (Å²) in [6.45, 7) is 3.83. The van der Waals surface area contributed by atoms with Crippen LogP contribution in [-0.4, -0.2) is 17.9 Å². The van der Waals surface area contributed by atoms with Crippen molar-refractivity contribution in [2.45, 2.75) is 32.8 Å². The quantitative estimate of drug-likeness (QED) is 0.802. The van der Waals surface area contributed by atoms with Crippen LogP contribution in [0.3, 0.4) is 0 Å². The number of hydrogen-bond acceptors (Lipinski definition) is 3. The highest BCUT2D eigenvalue weighted by Crippen LogP contribution is 2.14. The Hall–Kier alpha value is -2.82. The van der Waals surface area contributed by atoms with Gasteiger partial charge in [0.2, 0.25) is 5.91 Å². The maximum atomic E-state index is 12.1. The normalized spacial score (nSPS) is 10.3. The number of hydrazine groups is 1. The average Bonchev–Trinajstić information content (AvgIpc) is 2.58. The predicted octanol–water partition coefficient (Wildman–Crippen LogP) is 2.87. The lowest BCUT2D eigenvalue weighted by atomic mass is 10.1. The summed E-state index contributed by atoms with van der Waals surface area (Å²) in [5.41, 5.74) is 6.36. The number of carbonyl (C=O) groups is 2. The smallest absolute Gasteiger partial charge is 0.269 e. The van der Waals surface area contributed by atoms with Crippen LogP contribution in [0, 0.1) is 0 Å². The molecule has 2 aromatic rings. The molecule has 5 heteroatoms. The van der Waals surface area contributed by atoms with Crippen LogP contribution in [0.25, 0.3) is 0 Å². The first-order valence-electron chi connectivity index (χ1n) is 7.94. The maximum absolute atomic E-state index is 12.1. The topological polar surface area (TPSA) is 67.4 Å². The first-order valence-corrected chi connectivity index (χ1v) is 7.94. The Labute approximate surface area is 142 Å². The molecule has 2 rings (SSSR count). The zero-order chi connectivity index (χ0) is 17.4. The van der Waals surface area contributed by atoms with Crippen molar-refractivity contribution in [3.63, 3.8) is 0 Å². The van der Waals surface area contributed by atoms with Crippen LogP contribution >= 0.6 is 0 Å². The molecule has 126 valence electrons. The third kappa shape index (κ3) is 5.76. The fraction of sp³-hybridized carbons (Fsp3) is 0.263. The molecule has 0 atom stereocenters. The van der Waals surface area contributed by atoms with E-state index >= 15 is 0 Å². The highest BCUT2D eigenvalue weighted by atomic mass is 16.5. The van der Waals surface area contributed by atoms with Crippen molar-refractivity contribution in [2.24, 2.45) is 0 Å². The summed E-state index contributed by atoms with van der Waals surface area (Å²) in [6.07, 6.45) is 0.960. The number of ether oxygens (including phenoxy) is 1. The monoisotopic (exact) mass is 326 g/mol. The van der Waals surface area contributed by atoms with Crippen molar-refractivity contribution in [1.29, 1.82) is 0 Å². The van der Waals surface area contributed by atoms with Gasteiger partial charge in [0, 0.05) is 12.0 Å². The van der Waals surface area contributed by atoms with Crippen molar-refractivity contribution in [3.8, 4) is 5.75 Å². The molecule has 0 saturated carbocycles. The van der Waals surface area contributed by atoms with Gasteiger partial charge >= 0.3 is 0 Å². The number of benzene rings is 2. The van der Waals surface area contributed by atoms with Crippen molar-refractivity contribution in [1.82, 2.24) is 10.9 Å². The fourth-order valence-electron chi connectivity index (χ4n) is 2.15. The molecule has 0 aliphatic carbocycles. The molecule has 0 fully saturated rings. The largest absolute Gasteiger partial charge is 0.491 e. The van der Waals surface area contributed by atoms with E-state index in [9.17, 15) is 9.59 Å². The van der Waals surface area contributed by atoms with Gasteiger partial charge in [-0.1, -0.05) is 36.4 Å². The molecule has 0 bridgehead atoms. The van der Waals surface area contributed by atoms with E-state index < -0.39 is 0 Å². The van der Waals surface area contributed by atoms with Gasteiger partial charge in [-0.2, -0.15) is 0 Å². The third-order valence-corrected chi connectivity index (χ3v) is 3.27. The molecule has 2 amide bonds. The molecule has 2 N–H and O–H groups in total. The van der Waals surface area contributed by atoms with E-state index in [0.717, 1.165) is 5.56 Å². The lowest BCUT2D eigenvalue weighted by Gasteiger charge is -2.11. The molecule has 0 spiro atoms. The number of amides is 2. The summed E-state index contributed by atoms with van der Waals surface area (Å²) >= 11 is 0. The zero-order valence-corrected chi connectivity index (χ0v) is 13.9. The van der Waals surface area contributed by atoms with Gasteiger partial charge in [-0.3, -0.25) is 20.4 Å². The fourth-order valence-corrected chi connectivity index (χ4v) is 2.15. The Balaban J connectivity index is 1.81. The minimum atomic E-state index is -0.378. The van der Waals surface area contributed by atoms with Gasteiger partial charge in [-0.15, -0.1) is 0 Å². The van der Waals surface area contributed by atoms with Gasteiger partial charge in [0.25, 0.3) is 5.91 Å². The number of hydrogen-bond donors (Lipinski definition) is 2. The highest BCUT2D eigenvalue weighted by Gasteiger charge is 2.09. The number of carbonyl (C=O) groups excluding carboxylic acids is 2. The molecule has 0 heterocycles. The predicted molar refractivity (Wildman–Crippen MR) is 92.6 cm³/mol. The molecule has 0 aliphatic heterocycles. The van der Waals surface area contributed by atoms with E-state index in [1.54, 1.807) is 24.3 Å². The summed E-state index contributed by atoms with van der Waals surface area (Å²) in [6, 6.07) is 16.6. The molecular weight excluding hydrogens is 304 g/mol. The van der Waals surface area contributed by atoms with Crippen molar-refractivity contribution in [3.05, 3.63) is 65.7 Å². The van der Waals surface area contributed by atoms with E-state index in [1.165, 1.54) is 0 Å². The second kappa shape index (κ2) is 8.72. The van der Waals surface area contributed by atoms with E-state index in [1.807, 2.05) is 44.2 Å². The number of nitrogens with one attached hydrogen (secondary N) is 2. The molecule has 24 heavy (non-hydrogen) atoms. The first kappa shape index (κ1) is 17.5. The minimum Gasteiger partial charge on any atom is -0.491 e. The Morgan fingerprint density at radius 2 is 1.75 bits per heavy atom. The standard InChI is InChI=1S/C19H22N2O3/c1-14(2)24-17-10-6-9-16(13-17)19(23)21-20-18(22)12-11-15-7-4-3-5-8-15/h3-10,13-14H,11-12H2,1-2H3,(H,20,22)(H,21,23). The first-order chi connectivity index (χ1) is 11.5. The van der Waals surface area contributed by atoms with Crippen LogP contribution in [0.15, 0.2) is 54.6 Å². The van der Waals surface area contributed by atoms with Crippen LogP contribution in [-0.2, 0) is 11.2 Å². The van der Waals surface area contributed by atoms with Crippen molar-refractivity contribution >= 4 is 11.8 Å². The highest BCUT2D eigenvalue weighted by molar-refractivity contribution is 5.95. The third-order valence-electron chi connectivity index (χ3n) is 3.27. The maximum Gasteiger partial charge on any atom is 0.269 e. The Morgan fingerprint density at radius 3 is 2.46 bits per heavy atom. The summed E-state index contributed by atoms with van der Waals surface area (Å²) in [7, 11) is 0. The van der Waals surface area contributed by atoms with Crippen LogP contribution in [0.5, 0.6) is 5.75 Å². The zero-order valence-electron chi connectivity index (χ0n) is 13.9. The molecular formula is C19H22N2O3. The van der Waals surface area contributed by atoms with Gasteiger partial charge in [0.1, 0.15) is 5.75 Å². The number of aryl methyl sites for hydroxylation is 1. The van der Waals surface area contributed by atoms with Crippen LogP contribution in [0.1, 0.15) is 36.2 Å². The van der Waals surface area contributed by atoms with E-state index in [4.69, 9.17) is 4.74 Å². The van der Waals surface area contributed by atoms with Gasteiger partial charge in [0.05, 0.1) is 6.10 Å². The van der Waals surface area contributed by atoms with Crippen molar-refractivity contribution in [2.75, 3.05) is 0 Å². The Morgan fingerprint density at radius 1 is 1.00 bits per heavy atom. The molecule has 5 nitrogen and oxygen atoms in total. The SMILES string of the molecule is CC(C)Oc1cccc(C(=O)NNC(=O)CCc2ccccc2)c1. The van der Waals surface area contributed by atoms with E-state index in [-0.39, 0.29) is 17.9 Å². The van der Waals surface area contributed by atoms with Gasteiger partial charge in [-0.05, 0) is 44.0 Å². The molecule has 2 aromatic carbocycles. The summed E-state index contributed by atoms with van der Waals surface area (Å²) in [5.74, 6) is 0.00658. The summed E-state index contributed by atoms with van der Waals surface area (Å²) in [5, 5.41) is 0. The van der Waals surface area contributed by atoms with Gasteiger partial charge < -0.3 is 4.74 Å². The van der Waals surface area contributed by atoms with Crippen LogP contribution in [0.4, 0.5) is 0 Å². The molecule has 0 saturated heterocycles. The second-order valence-electron chi connectivity index (χ2n) is 5.68. The minimum absolute atomic E-state index is 0.0287. The van der Waals surface area contributed by atoms with Crippen LogP contribution < -0.4 is 15.6 Å². The van der Waals surface area contributed by atoms with Crippen molar-refractivity contribution < 1.29 is 14.3 Å². The second-order valence-corrected chi connectivity index (χ2v) is 5.68. The average molecular weight is 326 g/mol. The lowest BCUT2D eigenvalue weighted by Crippen LogP contribution is -2.41. The molecule has 0 radical (unpaired) electrons. The summed E-state index contributed by atoms with van der Waals surface area (Å²) in [4.78, 5) is 23.9. The van der Waals surface area contributed by atoms with Gasteiger partial charge in [-0.25, -0.2) is 0 Å². The molecule has 0 aliphatic rings. The van der Waals surface area contributed by atoms with E-state index in [0.29, 0.717) is 24.2 Å². The molecule has 0 unspecified atom stereocenters. The van der Waals surface area contributed by atoms with E-state index in [2.05, 4.69) is 10.9 Å². The summed E-state index contributed by atoms with van der Waals surface area (Å²) < 4.78 is 5.55. The Kier molecular flexibility index (Phi) is 6.37. The number of rotatable bonds is 6. The Bertz CT molecular complexity index is 684. The van der Waals surface area contributed by atoms with Crippen LogP contribution in [0.2, 0.25) is 0 Å².